The van der Waals surface area contributed by atoms with Crippen LogP contribution in [0.1, 0.15) is 9.67 Å². The molecule has 2 heterocycles. The van der Waals surface area contributed by atoms with Gasteiger partial charge in [0.1, 0.15) is 6.17 Å². The number of benzene rings is 1. The Labute approximate surface area is 138 Å². The lowest BCUT2D eigenvalue weighted by atomic mass is 10.1. The molecule has 0 bridgehead atoms. The molecule has 1 aromatic heterocycles. The summed E-state index contributed by atoms with van der Waals surface area (Å²) in [6.45, 7) is 0.171. The van der Waals surface area contributed by atoms with E-state index in [-0.39, 0.29) is 18.2 Å². The first kappa shape index (κ1) is 14.7. The Hall–Kier alpha value is -1.21. The van der Waals surface area contributed by atoms with E-state index in [1.165, 1.54) is 11.3 Å². The normalized spacial score (nSPS) is 17.8. The van der Waals surface area contributed by atoms with Crippen LogP contribution in [0.4, 0.5) is 0 Å². The van der Waals surface area contributed by atoms with Crippen LogP contribution in [0.25, 0.3) is 11.1 Å². The van der Waals surface area contributed by atoms with Crippen molar-refractivity contribution in [3.63, 3.8) is 0 Å². The average Bonchev–Trinajstić information content (AvgIpc) is 3.04. The minimum absolute atomic E-state index is 0.139. The molecule has 108 valence electrons. The highest BCUT2D eigenvalue weighted by molar-refractivity contribution is 9.11. The molecule has 4 nitrogen and oxygen atoms in total. The number of amides is 1. The summed E-state index contributed by atoms with van der Waals surface area (Å²) in [4.78, 5) is 24.1. The van der Waals surface area contributed by atoms with Gasteiger partial charge in [0, 0.05) is 10.6 Å². The van der Waals surface area contributed by atoms with Crippen molar-refractivity contribution in [2.45, 2.75) is 6.17 Å². The lowest BCUT2D eigenvalue weighted by Gasteiger charge is -2.06. The van der Waals surface area contributed by atoms with E-state index < -0.39 is 6.17 Å². The van der Waals surface area contributed by atoms with Crippen LogP contribution in [-0.4, -0.2) is 24.4 Å². The number of halogens is 2. The van der Waals surface area contributed by atoms with Crippen molar-refractivity contribution in [3.05, 3.63) is 44.0 Å². The fourth-order valence-corrected chi connectivity index (χ4v) is 4.03. The number of thiophene rings is 1. The number of Topliss-reactive ketones (excluding diaryl/α,β-unsaturated/α-hetero) is 1. The number of carbonyl (C=O) groups excluding carboxylic acids is 2. The van der Waals surface area contributed by atoms with Crippen molar-refractivity contribution in [3.8, 4) is 11.1 Å². The summed E-state index contributed by atoms with van der Waals surface area (Å²) in [5, 5.41) is 6.08. The van der Waals surface area contributed by atoms with Crippen molar-refractivity contribution in [1.29, 1.82) is 0 Å². The lowest BCUT2D eigenvalue weighted by molar-refractivity contribution is -0.118. The molecule has 0 aliphatic carbocycles. The van der Waals surface area contributed by atoms with Crippen LogP contribution in [0.15, 0.2) is 34.1 Å². The first-order chi connectivity index (χ1) is 10.0. The Kier molecular flexibility index (Phi) is 4.12. The van der Waals surface area contributed by atoms with Gasteiger partial charge in [0.25, 0.3) is 0 Å². The minimum Gasteiger partial charge on any atom is -0.333 e. The van der Waals surface area contributed by atoms with E-state index in [0.717, 1.165) is 14.9 Å². The fraction of sp³-hybridized carbons (Fsp3) is 0.143. The molecule has 1 atom stereocenters. The first-order valence-electron chi connectivity index (χ1n) is 6.17. The molecule has 1 fully saturated rings. The second-order valence-corrected chi connectivity index (χ2v) is 7.36. The van der Waals surface area contributed by atoms with Gasteiger partial charge in [-0.15, -0.1) is 11.3 Å². The van der Waals surface area contributed by atoms with Crippen molar-refractivity contribution in [2.75, 3.05) is 6.54 Å². The van der Waals surface area contributed by atoms with E-state index >= 15 is 0 Å². The smallest absolute Gasteiger partial charge is 0.235 e. The molecular weight excluding hydrogens is 376 g/mol. The van der Waals surface area contributed by atoms with Gasteiger partial charge < -0.3 is 5.32 Å². The number of hydrogen-bond acceptors (Lipinski definition) is 4. The fourth-order valence-electron chi connectivity index (χ4n) is 2.10. The van der Waals surface area contributed by atoms with Crippen LogP contribution in [0, 0.1) is 0 Å². The van der Waals surface area contributed by atoms with Gasteiger partial charge in [-0.1, -0.05) is 23.7 Å². The molecule has 2 N–H and O–H groups in total. The second-order valence-electron chi connectivity index (χ2n) is 4.55. The Morgan fingerprint density at radius 3 is 2.86 bits per heavy atom. The molecule has 2 aromatic rings. The maximum Gasteiger partial charge on any atom is 0.235 e. The Bertz CT molecular complexity index is 732. The Morgan fingerprint density at radius 2 is 2.19 bits per heavy atom. The lowest BCUT2D eigenvalue weighted by Crippen LogP contribution is -2.39. The van der Waals surface area contributed by atoms with E-state index in [1.807, 2.05) is 24.3 Å². The third-order valence-corrected chi connectivity index (χ3v) is 5.19. The van der Waals surface area contributed by atoms with Gasteiger partial charge in [0.05, 0.1) is 15.2 Å². The highest BCUT2D eigenvalue weighted by atomic mass is 79.9. The predicted molar refractivity (Wildman–Crippen MR) is 86.7 cm³/mol. The SMILES string of the molecule is O=C1CNC(C(=O)c2cc(-c3cccc(Cl)c3)c(Br)s2)N1. The molecule has 1 aliphatic heterocycles. The molecule has 1 unspecified atom stereocenters. The molecular formula is C14H10BrClN2O2S. The van der Waals surface area contributed by atoms with E-state index in [9.17, 15) is 9.59 Å². The van der Waals surface area contributed by atoms with Crippen LogP contribution in [0.2, 0.25) is 5.02 Å². The summed E-state index contributed by atoms with van der Waals surface area (Å²) in [5.41, 5.74) is 1.85. The Balaban J connectivity index is 1.91. The Morgan fingerprint density at radius 1 is 1.38 bits per heavy atom. The molecule has 0 saturated carbocycles. The topological polar surface area (TPSA) is 58.2 Å². The van der Waals surface area contributed by atoms with Gasteiger partial charge in [-0.25, -0.2) is 0 Å². The van der Waals surface area contributed by atoms with Gasteiger partial charge in [-0.05, 0) is 39.7 Å². The standard InChI is InChI=1S/C14H10BrClN2O2S/c15-13-9(7-2-1-3-8(16)4-7)5-10(21-13)12(20)14-17-6-11(19)18-14/h1-5,14,17H,6H2,(H,18,19). The number of ketones is 1. The van der Waals surface area contributed by atoms with Crippen molar-refractivity contribution < 1.29 is 9.59 Å². The molecule has 0 spiro atoms. The van der Waals surface area contributed by atoms with Crippen molar-refractivity contribution in [2.24, 2.45) is 0 Å². The van der Waals surface area contributed by atoms with Crippen LogP contribution < -0.4 is 10.6 Å². The zero-order valence-corrected chi connectivity index (χ0v) is 13.8. The van der Waals surface area contributed by atoms with Crippen LogP contribution in [-0.2, 0) is 4.79 Å². The quantitative estimate of drug-likeness (QED) is 0.798. The summed E-state index contributed by atoms with van der Waals surface area (Å²) in [7, 11) is 0. The number of hydrogen-bond donors (Lipinski definition) is 2. The molecule has 1 saturated heterocycles. The largest absolute Gasteiger partial charge is 0.333 e. The maximum atomic E-state index is 12.3. The summed E-state index contributed by atoms with van der Waals surface area (Å²) in [5.74, 6) is -0.307. The summed E-state index contributed by atoms with van der Waals surface area (Å²) in [6, 6.07) is 9.26. The summed E-state index contributed by atoms with van der Waals surface area (Å²) >= 11 is 10.8. The monoisotopic (exact) mass is 384 g/mol. The van der Waals surface area contributed by atoms with Gasteiger partial charge in [0.15, 0.2) is 0 Å². The minimum atomic E-state index is -0.643. The van der Waals surface area contributed by atoms with Gasteiger partial charge >= 0.3 is 0 Å². The van der Waals surface area contributed by atoms with Crippen LogP contribution in [0.5, 0.6) is 0 Å². The molecule has 0 radical (unpaired) electrons. The first-order valence-corrected chi connectivity index (χ1v) is 8.15. The van der Waals surface area contributed by atoms with E-state index in [2.05, 4.69) is 26.6 Å². The van der Waals surface area contributed by atoms with Crippen molar-refractivity contribution in [1.82, 2.24) is 10.6 Å². The van der Waals surface area contributed by atoms with Gasteiger partial charge in [0.2, 0.25) is 11.7 Å². The molecule has 1 amide bonds. The molecule has 3 rings (SSSR count). The highest BCUT2D eigenvalue weighted by Gasteiger charge is 2.29. The number of carbonyl (C=O) groups is 2. The van der Waals surface area contributed by atoms with Crippen LogP contribution >= 0.6 is 38.9 Å². The third-order valence-electron chi connectivity index (χ3n) is 3.10. The predicted octanol–water partition coefficient (Wildman–Crippen LogP) is 3.06. The zero-order chi connectivity index (χ0) is 15.0. The van der Waals surface area contributed by atoms with E-state index in [1.54, 1.807) is 6.07 Å². The number of nitrogens with one attached hydrogen (secondary N) is 2. The maximum absolute atomic E-state index is 12.3. The molecule has 1 aliphatic rings. The van der Waals surface area contributed by atoms with Gasteiger partial charge in [-0.2, -0.15) is 0 Å². The van der Waals surface area contributed by atoms with E-state index in [0.29, 0.717) is 9.90 Å². The molecule has 1 aromatic carbocycles. The van der Waals surface area contributed by atoms with Gasteiger partial charge in [-0.3, -0.25) is 14.9 Å². The average molecular weight is 386 g/mol. The van der Waals surface area contributed by atoms with Crippen molar-refractivity contribution >= 4 is 50.6 Å². The van der Waals surface area contributed by atoms with E-state index in [4.69, 9.17) is 11.6 Å². The number of rotatable bonds is 3. The highest BCUT2D eigenvalue weighted by Crippen LogP contribution is 2.37. The third kappa shape index (κ3) is 3.03. The summed E-state index contributed by atoms with van der Waals surface area (Å²) in [6.07, 6.45) is -0.643. The molecule has 7 heteroatoms. The zero-order valence-electron chi connectivity index (χ0n) is 10.7. The van der Waals surface area contributed by atoms with Crippen LogP contribution in [0.3, 0.4) is 0 Å². The molecule has 21 heavy (non-hydrogen) atoms. The second kappa shape index (κ2) is 5.88. The summed E-state index contributed by atoms with van der Waals surface area (Å²) < 4.78 is 0.859.